The first-order chi connectivity index (χ1) is 60.3. The molecule has 0 spiro atoms. The minimum Gasteiger partial charge on any atom is -0.490 e. The van der Waals surface area contributed by atoms with Gasteiger partial charge in [-0.2, -0.15) is 24.9 Å². The number of rotatable bonds is 21. The molecule has 9 aliphatic heterocycles. The van der Waals surface area contributed by atoms with Gasteiger partial charge in [0.25, 0.3) is 27.8 Å². The number of aliphatic hydroxyl groups excluding tert-OH is 8. The van der Waals surface area contributed by atoms with Gasteiger partial charge in [0.15, 0.2) is 78.4 Å². The summed E-state index contributed by atoms with van der Waals surface area (Å²) in [4.78, 5) is 169. The number of fused-ring (bicyclic) bond motifs is 5. The first-order valence-electron chi connectivity index (χ1n) is 38.2. The number of aliphatic hydroxyl groups is 9. The summed E-state index contributed by atoms with van der Waals surface area (Å²) in [7, 11) is 0. The first-order valence-corrected chi connectivity index (χ1v) is 42.3. The number of ether oxygens (including phenoxy) is 11. The highest BCUT2D eigenvalue weighted by Gasteiger charge is 2.58. The van der Waals surface area contributed by atoms with E-state index in [0.29, 0.717) is 47.0 Å². The molecule has 0 bridgehead atoms. The van der Waals surface area contributed by atoms with Gasteiger partial charge in [0, 0.05) is 53.6 Å². The van der Waals surface area contributed by atoms with Gasteiger partial charge in [-0.25, -0.2) is 0 Å². The van der Waals surface area contributed by atoms with Crippen LogP contribution >= 0.6 is 58.4 Å². The number of aromatic amines is 5. The van der Waals surface area contributed by atoms with E-state index in [0.717, 1.165) is 51.6 Å². The zero-order valence-electron chi connectivity index (χ0n) is 68.8. The number of nitrogen functional groups attached to an aromatic ring is 5. The molecule has 20 atom stereocenters. The average Bonchev–Trinajstić information content (AvgIpc) is 1.59. The second-order valence-electron chi connectivity index (χ2n) is 29.2. The number of carbonyl (C=O) groups is 5. The maximum atomic E-state index is 12.8. The van der Waals surface area contributed by atoms with Gasteiger partial charge in [-0.15, -0.1) is 0 Å². The van der Waals surface area contributed by atoms with Gasteiger partial charge in [-0.3, -0.25) is 102 Å². The fourth-order valence-corrected chi connectivity index (χ4v) is 19.0. The highest BCUT2D eigenvalue weighted by molar-refractivity contribution is 8.04. The summed E-state index contributed by atoms with van der Waals surface area (Å²) in [5.41, 5.74) is 24.1. The summed E-state index contributed by atoms with van der Waals surface area (Å²) in [5, 5.41) is 89.8. The number of anilines is 9. The Bertz CT molecular complexity index is 5690. The van der Waals surface area contributed by atoms with Crippen LogP contribution in [0.25, 0.3) is 10.3 Å². The Morgan fingerprint density at radius 3 is 1.29 bits per heavy atom. The summed E-state index contributed by atoms with van der Waals surface area (Å²) in [6.45, 7) is 26.7. The summed E-state index contributed by atoms with van der Waals surface area (Å²) < 4.78 is 62.0. The second-order valence-corrected chi connectivity index (χ2v) is 34.5. The lowest BCUT2D eigenvalue weighted by Gasteiger charge is -2.30. The second kappa shape index (κ2) is 40.3. The maximum Gasteiger partial charge on any atom is 0.311 e. The highest BCUT2D eigenvalue weighted by Crippen LogP contribution is 2.51. The molecule has 24 N–H and O–H groups in total. The molecule has 128 heavy (non-hydrogen) atoms. The van der Waals surface area contributed by atoms with E-state index in [9.17, 15) is 93.6 Å². The van der Waals surface area contributed by atoms with Crippen molar-refractivity contribution in [3.05, 3.63) is 120 Å². The summed E-state index contributed by atoms with van der Waals surface area (Å²) >= 11 is 4.98. The molecule has 9 aliphatic rings. The molecule has 51 nitrogen and oxygen atoms in total. The summed E-state index contributed by atoms with van der Waals surface area (Å²) in [5.74, 6) is -3.36. The van der Waals surface area contributed by atoms with Crippen LogP contribution in [0.1, 0.15) is 67.5 Å². The number of aromatic nitrogens is 11. The molecule has 15 rings (SSSR count). The number of carbonyl (C=O) groups excluding carboxylic acids is 5. The molecule has 56 heteroatoms. The average molecular weight is 1890 g/mol. The third-order valence-electron chi connectivity index (χ3n) is 20.2. The summed E-state index contributed by atoms with van der Waals surface area (Å²) in [6, 6.07) is 0. The van der Waals surface area contributed by atoms with Crippen LogP contribution < -0.4 is 80.9 Å². The SMILES string of the molecule is C=C(C)O[C@@H]1[C@H](COC(C)=O)[C@@H](COC(C)=O)O[C@H]1n1c(=O)sc2c(=O)[nH]c(N)nc21.C=C1Sc2c(nc(N)[nH]c2=O)N1[C@@H]1O[C@H](CCO)[C@@H](O)[C@H]1O.C=C1Sc2c(nc(N)[nH]c2=O)N1[C@@H]1O[C@H](CCOC(C)=O)[C@@H](OC(C)=O)[C@H]1OC(C)=O.C=C1Sc2c(nc(N)[nH]c2=O)N1[C@@H]1O[C@H](CO)[C@@H](CO)[C@H]1O.C=C1Sc2c(nc(N)[nH]c2=O)N1[C@@H]1O[C@H](CO)[C@@](C)(O)[C@H]1O. The minimum atomic E-state index is -1.65. The van der Waals surface area contributed by atoms with Crippen LogP contribution in [0.5, 0.6) is 0 Å². The van der Waals surface area contributed by atoms with Gasteiger partial charge < -0.3 is 127 Å². The standard InChI is InChI=1S/2C18H22N4O8S.3C12H16N4O5S/c1-7(2)29-12-10(5-27-8(3)23)11(6-28-9(4)24)30-16(12)22-14-13(31-18(22)26)15(25)21-17(19)20-14;1-7-22(15-14(31-7)16(26)21-18(19)20-15)17-13(29-10(4)25)12(28-9(3)24)11(30-17)5-6-27-8(2)23;1-4-16(8-6(22-4)9(19)15-11(13)14-8)10-7(18)12(2,20)5(3-17)21-10;1-4-16(9-8(22-4)10(20)15-12(13)14-9)11-7(19)5(2-17)6(3-18)21-11;1-4-16(9-8(22-4)10(20)15-12(13)14-9)11-7(19)6(18)5(21-11)2-3-17/h10-12,16H,1,5-6H2,2-4H3,(H3,19,20,21,25);11-13,17H,1,5-6H2,2-4H3,(H3,19,20,21,26);5,7,10,17-18,20H,1,3H2,2H3,(H3,13,14,15,19);2*5-7,11,17-19H,1-3H2,(H3,13,14,15,20)/t10-,11-,12-,16-;11-,12-,13-,17-;5-,7+,10-,12-;2*5-,6-,7-,11-/m11111/s1. The van der Waals surface area contributed by atoms with Crippen molar-refractivity contribution in [1.29, 1.82) is 0 Å². The van der Waals surface area contributed by atoms with E-state index in [-0.39, 0.29) is 126 Å². The van der Waals surface area contributed by atoms with Crippen LogP contribution in [0, 0.1) is 11.8 Å². The first kappa shape index (κ1) is 97.6. The molecule has 6 aromatic heterocycles. The Morgan fingerprint density at radius 1 is 0.453 bits per heavy atom. The number of allylic oxidation sites excluding steroid dienone is 1. The Labute approximate surface area is 741 Å². The molecule has 0 saturated carbocycles. The predicted molar refractivity (Wildman–Crippen MR) is 454 cm³/mol. The number of hydrogen-bond donors (Lipinski definition) is 19. The number of nitrogens with one attached hydrogen (secondary N) is 5. The van der Waals surface area contributed by atoms with Crippen LogP contribution in [0.3, 0.4) is 0 Å². The molecule has 0 aliphatic carbocycles. The van der Waals surface area contributed by atoms with Crippen molar-refractivity contribution in [3.63, 3.8) is 0 Å². The molecule has 5 saturated heterocycles. The van der Waals surface area contributed by atoms with Crippen molar-refractivity contribution in [2.24, 2.45) is 11.8 Å². The van der Waals surface area contributed by atoms with Crippen LogP contribution in [0.15, 0.2) is 107 Å². The van der Waals surface area contributed by atoms with Crippen LogP contribution in [0.2, 0.25) is 0 Å². The highest BCUT2D eigenvalue weighted by atomic mass is 32.2. The zero-order chi connectivity index (χ0) is 94.0. The third-order valence-corrected chi connectivity index (χ3v) is 25.1. The van der Waals surface area contributed by atoms with Gasteiger partial charge >= 0.3 is 34.7 Å². The number of thioether (sulfide) groups is 4. The molecular weight excluding hydrogens is 1800 g/mol. The van der Waals surface area contributed by atoms with Crippen molar-refractivity contribution in [3.8, 4) is 0 Å². The molecule has 15 heterocycles. The van der Waals surface area contributed by atoms with Crippen molar-refractivity contribution >= 4 is 152 Å². The molecule has 0 aromatic carbocycles. The monoisotopic (exact) mass is 1890 g/mol. The Kier molecular flexibility index (Phi) is 30.7. The Balaban J connectivity index is 0.000000156. The molecule has 696 valence electrons. The summed E-state index contributed by atoms with van der Waals surface area (Å²) in [6.07, 6.45) is -16.4. The minimum absolute atomic E-state index is 0.00553. The van der Waals surface area contributed by atoms with Crippen molar-refractivity contribution in [1.82, 2.24) is 54.4 Å². The van der Waals surface area contributed by atoms with Gasteiger partial charge in [0.2, 0.25) is 29.7 Å². The topological polar surface area (TPSA) is 763 Å². The van der Waals surface area contributed by atoms with E-state index in [4.69, 9.17) is 85.9 Å². The lowest BCUT2D eigenvalue weighted by atomic mass is 9.95. The smallest absolute Gasteiger partial charge is 0.311 e. The largest absolute Gasteiger partial charge is 0.490 e. The van der Waals surface area contributed by atoms with E-state index >= 15 is 0 Å². The number of hydrogen-bond acceptors (Lipinski definition) is 50. The van der Waals surface area contributed by atoms with Crippen LogP contribution in [0.4, 0.5) is 53.0 Å². The Morgan fingerprint density at radius 2 is 0.867 bits per heavy atom. The zero-order valence-corrected chi connectivity index (χ0v) is 72.9. The van der Waals surface area contributed by atoms with Crippen molar-refractivity contribution < 1.29 is 122 Å². The molecule has 5 fully saturated rings. The predicted octanol–water partition coefficient (Wildman–Crippen LogP) is -3.89. The lowest BCUT2D eigenvalue weighted by Crippen LogP contribution is -2.49. The fraction of sp³-hybridized carbons (Fsp3) is 0.500. The molecule has 0 radical (unpaired) electrons. The van der Waals surface area contributed by atoms with Crippen molar-refractivity contribution in [2.75, 3.05) is 94.5 Å². The van der Waals surface area contributed by atoms with Crippen molar-refractivity contribution in [2.45, 2.75) is 191 Å². The number of H-pyrrole nitrogens is 5. The Hall–Kier alpha value is -11.0. The maximum absolute atomic E-state index is 12.8. The number of thiazole rings is 1. The fourth-order valence-electron chi connectivity index (χ4n) is 14.5. The van der Waals surface area contributed by atoms with Crippen LogP contribution in [-0.4, -0.2) is 280 Å². The van der Waals surface area contributed by atoms with Gasteiger partial charge in [-0.05, 0) is 20.3 Å². The van der Waals surface area contributed by atoms with Gasteiger partial charge in [-0.1, -0.05) is 91.3 Å². The van der Waals surface area contributed by atoms with Gasteiger partial charge in [0.1, 0.15) is 85.8 Å². The molecule has 0 unspecified atom stereocenters. The lowest BCUT2D eigenvalue weighted by molar-refractivity contribution is -0.164. The third kappa shape index (κ3) is 20.5. The number of esters is 5. The van der Waals surface area contributed by atoms with E-state index in [2.05, 4.69) is 82.7 Å². The number of nitrogens with two attached hydrogens (primary N) is 5. The van der Waals surface area contributed by atoms with E-state index < -0.39 is 191 Å². The van der Waals surface area contributed by atoms with Gasteiger partial charge in [0.05, 0.1) is 70.4 Å². The van der Waals surface area contributed by atoms with E-state index in [1.807, 2.05) is 0 Å². The van der Waals surface area contributed by atoms with E-state index in [1.165, 1.54) is 61.1 Å². The number of nitrogens with zero attached hydrogens (tertiary/aromatic N) is 10. The molecule has 6 aromatic rings. The molecule has 0 amide bonds. The van der Waals surface area contributed by atoms with Crippen LogP contribution in [-0.2, 0) is 76.1 Å². The normalized spacial score (nSPS) is 28.0. The quantitative estimate of drug-likeness (QED) is 0.0186. The molecular formula is C72H92N20O31S5. The van der Waals surface area contributed by atoms with E-state index in [1.54, 1.807) is 6.92 Å².